The van der Waals surface area contributed by atoms with Gasteiger partial charge in [-0.05, 0) is 88.9 Å². The summed E-state index contributed by atoms with van der Waals surface area (Å²) in [4.78, 5) is 35.7. The lowest BCUT2D eigenvalue weighted by atomic mass is 9.83. The van der Waals surface area contributed by atoms with Crippen molar-refractivity contribution in [3.05, 3.63) is 0 Å². The van der Waals surface area contributed by atoms with Gasteiger partial charge in [-0.1, -0.05) is 19.8 Å². The number of nitrogens with one attached hydrogen (secondary N) is 3. The van der Waals surface area contributed by atoms with E-state index in [4.69, 9.17) is 9.84 Å². The maximum Gasteiger partial charge on any atom is 0.315 e. The molecule has 8 nitrogen and oxygen atoms in total. The summed E-state index contributed by atoms with van der Waals surface area (Å²) in [7, 11) is 0. The summed E-state index contributed by atoms with van der Waals surface area (Å²) in [5.74, 6) is 0.320. The molecular weight excluding hydrogens is 446 g/mol. The van der Waals surface area contributed by atoms with E-state index in [0.29, 0.717) is 37.3 Å². The Kier molecular flexibility index (Phi) is 11.6. The fourth-order valence-corrected chi connectivity index (χ4v) is 6.04. The zero-order chi connectivity index (χ0) is 25.0. The average Bonchev–Trinajstić information content (AvgIpc) is 2.81. The highest BCUT2D eigenvalue weighted by Crippen LogP contribution is 2.28. The Labute approximate surface area is 210 Å². The number of aliphatic carboxylic acids is 1. The summed E-state index contributed by atoms with van der Waals surface area (Å²) < 4.78 is 5.94. The van der Waals surface area contributed by atoms with E-state index < -0.39 is 5.97 Å². The third-order valence-corrected chi connectivity index (χ3v) is 8.21. The molecule has 4 N–H and O–H groups in total. The molecular formula is C27H47N3O5. The molecule has 0 radical (unpaired) electrons. The van der Waals surface area contributed by atoms with Crippen molar-refractivity contribution in [3.63, 3.8) is 0 Å². The smallest absolute Gasteiger partial charge is 0.315 e. The van der Waals surface area contributed by atoms with Crippen molar-refractivity contribution in [1.82, 2.24) is 16.0 Å². The van der Waals surface area contributed by atoms with Gasteiger partial charge in [0.05, 0.1) is 6.10 Å². The number of carboxylic acid groups (broad SMARTS) is 1. The van der Waals surface area contributed by atoms with E-state index in [-0.39, 0.29) is 36.5 Å². The molecule has 0 aliphatic heterocycles. The third-order valence-electron chi connectivity index (χ3n) is 8.21. The minimum atomic E-state index is -0.759. The highest BCUT2D eigenvalue weighted by molar-refractivity contribution is 5.76. The van der Waals surface area contributed by atoms with Gasteiger partial charge in [0.2, 0.25) is 5.91 Å². The van der Waals surface area contributed by atoms with Crippen molar-refractivity contribution >= 4 is 17.9 Å². The standard InChI is InChI=1S/C27H47N3O5/c1-19-7-2-3-10-24(19)30-27(34)29-21-14-12-20(13-15-21)17-25(31)28-22-8-6-9-23(18-22)35-16-5-4-11-26(32)33/h19-24H,2-18H2,1H3,(H,28,31)(H,32,33)(H2,29,30,34). The number of amides is 3. The number of rotatable bonds is 11. The van der Waals surface area contributed by atoms with E-state index in [1.54, 1.807) is 0 Å². The molecule has 0 saturated heterocycles. The molecule has 3 amide bonds. The van der Waals surface area contributed by atoms with E-state index in [0.717, 1.165) is 64.2 Å². The molecule has 0 aromatic rings. The van der Waals surface area contributed by atoms with Crippen LogP contribution in [0.15, 0.2) is 0 Å². The number of carbonyl (C=O) groups excluding carboxylic acids is 2. The molecule has 35 heavy (non-hydrogen) atoms. The largest absolute Gasteiger partial charge is 0.481 e. The Bertz CT molecular complexity index is 680. The van der Waals surface area contributed by atoms with Crippen molar-refractivity contribution in [3.8, 4) is 0 Å². The van der Waals surface area contributed by atoms with Crippen LogP contribution >= 0.6 is 0 Å². The number of carboxylic acids is 1. The van der Waals surface area contributed by atoms with Gasteiger partial charge in [-0.15, -0.1) is 0 Å². The fourth-order valence-electron chi connectivity index (χ4n) is 6.04. The van der Waals surface area contributed by atoms with E-state index in [2.05, 4.69) is 22.9 Å². The molecule has 3 saturated carbocycles. The first kappa shape index (κ1) is 27.8. The van der Waals surface area contributed by atoms with Crippen LogP contribution in [-0.4, -0.2) is 53.9 Å². The van der Waals surface area contributed by atoms with Crippen LogP contribution in [0.25, 0.3) is 0 Å². The van der Waals surface area contributed by atoms with Gasteiger partial charge < -0.3 is 25.8 Å². The van der Waals surface area contributed by atoms with Crippen LogP contribution in [0.5, 0.6) is 0 Å². The summed E-state index contributed by atoms with van der Waals surface area (Å²) in [5, 5.41) is 18.3. The maximum absolute atomic E-state index is 12.7. The second-order valence-corrected chi connectivity index (χ2v) is 11.2. The Hall–Kier alpha value is -1.83. The summed E-state index contributed by atoms with van der Waals surface area (Å²) in [5.41, 5.74) is 0. The number of unbranched alkanes of at least 4 members (excludes halogenated alkanes) is 1. The average molecular weight is 494 g/mol. The number of hydrogen-bond donors (Lipinski definition) is 4. The Balaban J connectivity index is 1.27. The third kappa shape index (κ3) is 10.4. The van der Waals surface area contributed by atoms with Crippen LogP contribution in [0.2, 0.25) is 0 Å². The van der Waals surface area contributed by atoms with Gasteiger partial charge in [-0.25, -0.2) is 4.79 Å². The predicted molar refractivity (Wildman–Crippen MR) is 135 cm³/mol. The SMILES string of the molecule is CC1CCCCC1NC(=O)NC1CCC(CC(=O)NC2CCCC(OCCCCC(=O)O)C2)CC1. The number of carbonyl (C=O) groups is 3. The minimum absolute atomic E-state index is 0.0269. The molecule has 8 heteroatoms. The van der Waals surface area contributed by atoms with E-state index >= 15 is 0 Å². The van der Waals surface area contributed by atoms with Crippen molar-refractivity contribution in [2.45, 2.75) is 134 Å². The summed E-state index contributed by atoms with van der Waals surface area (Å²) in [6, 6.07) is 0.649. The Morgan fingerprint density at radius 3 is 2.34 bits per heavy atom. The molecule has 3 rings (SSSR count). The topological polar surface area (TPSA) is 117 Å². The normalized spacial score (nSPS) is 31.3. The lowest BCUT2D eigenvalue weighted by Crippen LogP contribution is -2.49. The van der Waals surface area contributed by atoms with E-state index in [1.807, 2.05) is 0 Å². The van der Waals surface area contributed by atoms with Crippen LogP contribution in [0, 0.1) is 11.8 Å². The molecule has 200 valence electrons. The van der Waals surface area contributed by atoms with Crippen molar-refractivity contribution < 1.29 is 24.2 Å². The highest BCUT2D eigenvalue weighted by atomic mass is 16.5. The van der Waals surface area contributed by atoms with Crippen molar-refractivity contribution in [2.24, 2.45) is 11.8 Å². The van der Waals surface area contributed by atoms with Gasteiger partial charge in [0.25, 0.3) is 0 Å². The summed E-state index contributed by atoms with van der Waals surface area (Å²) in [6.07, 6.45) is 14.8. The lowest BCUT2D eigenvalue weighted by molar-refractivity contribution is -0.137. The lowest BCUT2D eigenvalue weighted by Gasteiger charge is -2.33. The predicted octanol–water partition coefficient (Wildman–Crippen LogP) is 4.51. The van der Waals surface area contributed by atoms with Gasteiger partial charge >= 0.3 is 12.0 Å². The van der Waals surface area contributed by atoms with Gasteiger partial charge in [-0.3, -0.25) is 9.59 Å². The van der Waals surface area contributed by atoms with Gasteiger partial charge in [0.1, 0.15) is 0 Å². The van der Waals surface area contributed by atoms with Crippen molar-refractivity contribution in [1.29, 1.82) is 0 Å². The van der Waals surface area contributed by atoms with Crippen molar-refractivity contribution in [2.75, 3.05) is 6.61 Å². The molecule has 0 heterocycles. The Morgan fingerprint density at radius 1 is 0.829 bits per heavy atom. The molecule has 4 atom stereocenters. The molecule has 0 bridgehead atoms. The summed E-state index contributed by atoms with van der Waals surface area (Å²) in [6.45, 7) is 2.82. The fraction of sp³-hybridized carbons (Fsp3) is 0.889. The highest BCUT2D eigenvalue weighted by Gasteiger charge is 2.28. The first-order chi connectivity index (χ1) is 16.9. The maximum atomic E-state index is 12.7. The van der Waals surface area contributed by atoms with Gasteiger partial charge in [-0.2, -0.15) is 0 Å². The monoisotopic (exact) mass is 493 g/mol. The minimum Gasteiger partial charge on any atom is -0.481 e. The van der Waals surface area contributed by atoms with Crippen LogP contribution < -0.4 is 16.0 Å². The summed E-state index contributed by atoms with van der Waals surface area (Å²) >= 11 is 0. The molecule has 0 spiro atoms. The van der Waals surface area contributed by atoms with Crippen LogP contribution in [-0.2, 0) is 14.3 Å². The molecule has 0 aromatic carbocycles. The first-order valence-corrected chi connectivity index (χ1v) is 14.1. The zero-order valence-electron chi connectivity index (χ0n) is 21.6. The van der Waals surface area contributed by atoms with Crippen LogP contribution in [0.3, 0.4) is 0 Å². The molecule has 3 aliphatic carbocycles. The van der Waals surface area contributed by atoms with Crippen LogP contribution in [0.4, 0.5) is 4.79 Å². The number of ether oxygens (including phenoxy) is 1. The second kappa shape index (κ2) is 14.7. The van der Waals surface area contributed by atoms with E-state index in [1.165, 1.54) is 19.3 Å². The quantitative estimate of drug-likeness (QED) is 0.316. The molecule has 3 aliphatic rings. The first-order valence-electron chi connectivity index (χ1n) is 14.1. The van der Waals surface area contributed by atoms with Gasteiger partial charge in [0.15, 0.2) is 0 Å². The van der Waals surface area contributed by atoms with E-state index in [9.17, 15) is 14.4 Å². The number of hydrogen-bond acceptors (Lipinski definition) is 4. The van der Waals surface area contributed by atoms with Gasteiger partial charge in [0, 0.05) is 37.6 Å². The molecule has 0 aromatic heterocycles. The Morgan fingerprint density at radius 2 is 1.60 bits per heavy atom. The molecule has 3 fully saturated rings. The van der Waals surface area contributed by atoms with Crippen LogP contribution in [0.1, 0.15) is 110 Å². The molecule has 4 unspecified atom stereocenters. The zero-order valence-corrected chi connectivity index (χ0v) is 21.6. The second-order valence-electron chi connectivity index (χ2n) is 11.2. The number of urea groups is 1.